The molecular formula is C10H20N2O8S2. The summed E-state index contributed by atoms with van der Waals surface area (Å²) in [6.45, 7) is -0.545. The van der Waals surface area contributed by atoms with Crippen molar-refractivity contribution in [2.24, 2.45) is 0 Å². The highest BCUT2D eigenvalue weighted by Gasteiger charge is 2.43. The Hall–Kier alpha value is -0.630. The van der Waals surface area contributed by atoms with E-state index in [2.05, 4.69) is 10.6 Å². The fourth-order valence-corrected chi connectivity index (χ4v) is 3.41. The minimum atomic E-state index is -3.19. The number of hydrogen-bond acceptors (Lipinski definition) is 9. The summed E-state index contributed by atoms with van der Waals surface area (Å²) in [6, 6.07) is -0.751. The van der Waals surface area contributed by atoms with Crippen molar-refractivity contribution in [3.63, 3.8) is 0 Å². The molecule has 1 aliphatic heterocycles. The van der Waals surface area contributed by atoms with Gasteiger partial charge in [-0.15, -0.1) is 0 Å². The molecule has 2 amide bonds. The number of carbonyl (C=O) groups is 1. The van der Waals surface area contributed by atoms with Crippen molar-refractivity contribution in [1.82, 2.24) is 10.6 Å². The van der Waals surface area contributed by atoms with Crippen molar-refractivity contribution < 1.29 is 38.4 Å². The molecule has 130 valence electrons. The lowest BCUT2D eigenvalue weighted by Gasteiger charge is -2.40. The molecule has 0 spiro atoms. The molecule has 0 aliphatic carbocycles. The molecular weight excluding hydrogens is 340 g/mol. The number of aliphatic hydroxyl groups excluding tert-OH is 4. The van der Waals surface area contributed by atoms with Crippen LogP contribution in [0.1, 0.15) is 0 Å². The second-order valence-corrected chi connectivity index (χ2v) is 9.25. The molecule has 5 atom stereocenters. The van der Waals surface area contributed by atoms with Crippen LogP contribution in [-0.4, -0.2) is 90.7 Å². The Morgan fingerprint density at radius 3 is 2.41 bits per heavy atom. The maximum absolute atomic E-state index is 11.6. The molecule has 0 bridgehead atoms. The SMILES string of the molecule is CS(=O)(=O)SCCNC(=O)N[C@@H]1OC(CO)[C@H](O)[C@H](O)C1O. The predicted molar refractivity (Wildman–Crippen MR) is 77.6 cm³/mol. The standard InChI is InChI=1S/C10H20N2O8S2/c1-22(18,19)21-3-2-11-10(17)12-9-8(16)7(15)6(14)5(4-13)20-9/h5-9,13-16H,2-4H2,1H3,(H2,11,12,17)/t5?,6-,7-,8?,9+/m0/s1. The van der Waals surface area contributed by atoms with Gasteiger partial charge in [-0.05, 0) is 10.8 Å². The van der Waals surface area contributed by atoms with Crippen molar-refractivity contribution in [1.29, 1.82) is 0 Å². The summed E-state index contributed by atoms with van der Waals surface area (Å²) in [5.74, 6) is 0.140. The molecule has 0 radical (unpaired) electrons. The predicted octanol–water partition coefficient (Wildman–Crippen LogP) is -3.22. The van der Waals surface area contributed by atoms with Crippen molar-refractivity contribution in [2.45, 2.75) is 30.6 Å². The van der Waals surface area contributed by atoms with Crippen molar-refractivity contribution >= 4 is 25.7 Å². The van der Waals surface area contributed by atoms with Gasteiger partial charge in [-0.3, -0.25) is 0 Å². The van der Waals surface area contributed by atoms with Gasteiger partial charge < -0.3 is 35.8 Å². The Balaban J connectivity index is 2.42. The average Bonchev–Trinajstić information content (AvgIpc) is 2.43. The van der Waals surface area contributed by atoms with Crippen LogP contribution in [0, 0.1) is 0 Å². The molecule has 10 nitrogen and oxygen atoms in total. The first kappa shape index (κ1) is 19.4. The third kappa shape index (κ3) is 5.87. The van der Waals surface area contributed by atoms with E-state index in [4.69, 9.17) is 9.84 Å². The van der Waals surface area contributed by atoms with Crippen LogP contribution in [0.5, 0.6) is 0 Å². The Bertz CT molecular complexity index is 472. The first-order valence-corrected chi connectivity index (χ1v) is 9.74. The molecule has 1 saturated heterocycles. The van der Waals surface area contributed by atoms with E-state index < -0.39 is 52.2 Å². The molecule has 0 aromatic carbocycles. The van der Waals surface area contributed by atoms with Gasteiger partial charge in [-0.1, -0.05) is 0 Å². The fraction of sp³-hybridized carbons (Fsp3) is 0.900. The number of carbonyl (C=O) groups excluding carboxylic acids is 1. The lowest BCUT2D eigenvalue weighted by Crippen LogP contribution is -2.64. The van der Waals surface area contributed by atoms with Crippen LogP contribution >= 0.6 is 10.8 Å². The maximum atomic E-state index is 11.6. The number of hydrogen-bond donors (Lipinski definition) is 6. The zero-order valence-corrected chi connectivity index (χ0v) is 13.4. The molecule has 6 N–H and O–H groups in total. The summed E-state index contributed by atoms with van der Waals surface area (Å²) in [5, 5.41) is 42.4. The van der Waals surface area contributed by atoms with Crippen LogP contribution in [0.3, 0.4) is 0 Å². The molecule has 22 heavy (non-hydrogen) atoms. The molecule has 0 saturated carbocycles. The van der Waals surface area contributed by atoms with Gasteiger partial charge in [-0.2, -0.15) is 0 Å². The molecule has 1 rings (SSSR count). The topological polar surface area (TPSA) is 165 Å². The monoisotopic (exact) mass is 360 g/mol. The van der Waals surface area contributed by atoms with Crippen molar-refractivity contribution in [2.75, 3.05) is 25.2 Å². The van der Waals surface area contributed by atoms with Gasteiger partial charge >= 0.3 is 6.03 Å². The van der Waals surface area contributed by atoms with Crippen LogP contribution < -0.4 is 10.6 Å². The molecule has 0 aromatic heterocycles. The van der Waals surface area contributed by atoms with E-state index in [9.17, 15) is 28.5 Å². The number of rotatable bonds is 6. The summed E-state index contributed by atoms with van der Waals surface area (Å²) >= 11 is 0. The van der Waals surface area contributed by atoms with E-state index in [1.807, 2.05) is 0 Å². The number of ether oxygens (including phenoxy) is 1. The van der Waals surface area contributed by atoms with E-state index in [0.29, 0.717) is 10.8 Å². The van der Waals surface area contributed by atoms with E-state index in [1.54, 1.807) is 0 Å². The van der Waals surface area contributed by atoms with Gasteiger partial charge in [0.05, 0.1) is 6.61 Å². The van der Waals surface area contributed by atoms with Crippen LogP contribution in [-0.2, 0) is 13.6 Å². The summed E-state index contributed by atoms with van der Waals surface area (Å²) in [6.07, 6.45) is -6.06. The zero-order chi connectivity index (χ0) is 16.9. The molecule has 1 aliphatic rings. The highest BCUT2D eigenvalue weighted by molar-refractivity contribution is 8.71. The van der Waals surface area contributed by atoms with Gasteiger partial charge in [-0.25, -0.2) is 13.2 Å². The third-order valence-corrected chi connectivity index (χ3v) is 5.43. The smallest absolute Gasteiger partial charge is 0.316 e. The lowest BCUT2D eigenvalue weighted by atomic mass is 9.98. The highest BCUT2D eigenvalue weighted by Crippen LogP contribution is 2.19. The van der Waals surface area contributed by atoms with Gasteiger partial charge in [0.1, 0.15) is 24.4 Å². The summed E-state index contributed by atoms with van der Waals surface area (Å²) in [4.78, 5) is 11.6. The largest absolute Gasteiger partial charge is 0.394 e. The lowest BCUT2D eigenvalue weighted by molar-refractivity contribution is -0.233. The number of amides is 2. The molecule has 1 heterocycles. The van der Waals surface area contributed by atoms with Crippen molar-refractivity contribution in [3.8, 4) is 0 Å². The minimum absolute atomic E-state index is 0.0565. The Morgan fingerprint density at radius 1 is 1.23 bits per heavy atom. The van der Waals surface area contributed by atoms with Crippen LogP contribution in [0.15, 0.2) is 0 Å². The Kier molecular flexibility index (Phi) is 7.31. The fourth-order valence-electron chi connectivity index (χ4n) is 1.76. The second-order valence-electron chi connectivity index (χ2n) is 4.68. The number of nitrogens with one attached hydrogen (secondary N) is 2. The van der Waals surface area contributed by atoms with Crippen LogP contribution in [0.4, 0.5) is 4.79 Å². The first-order chi connectivity index (χ1) is 10.2. The summed E-state index contributed by atoms with van der Waals surface area (Å²) in [7, 11) is -2.52. The number of aliphatic hydroxyl groups is 4. The van der Waals surface area contributed by atoms with Crippen LogP contribution in [0.25, 0.3) is 0 Å². The molecule has 12 heteroatoms. The number of urea groups is 1. The normalized spacial score (nSPS) is 32.5. The van der Waals surface area contributed by atoms with Crippen molar-refractivity contribution in [3.05, 3.63) is 0 Å². The van der Waals surface area contributed by atoms with Gasteiger partial charge in [0.25, 0.3) is 0 Å². The van der Waals surface area contributed by atoms with E-state index in [1.165, 1.54) is 0 Å². The summed E-state index contributed by atoms with van der Waals surface area (Å²) < 4.78 is 26.8. The third-order valence-electron chi connectivity index (χ3n) is 2.85. The van der Waals surface area contributed by atoms with Gasteiger partial charge in [0, 0.05) is 18.6 Å². The van der Waals surface area contributed by atoms with E-state index in [-0.39, 0.29) is 12.3 Å². The summed E-state index contributed by atoms with van der Waals surface area (Å²) in [5.41, 5.74) is 0. The Labute approximate surface area is 131 Å². The quantitative estimate of drug-likeness (QED) is 0.211. The second kappa shape index (κ2) is 8.29. The zero-order valence-electron chi connectivity index (χ0n) is 11.7. The maximum Gasteiger partial charge on any atom is 0.316 e. The molecule has 0 aromatic rings. The van der Waals surface area contributed by atoms with Gasteiger partial charge in [0.15, 0.2) is 15.1 Å². The van der Waals surface area contributed by atoms with Gasteiger partial charge in [0.2, 0.25) is 0 Å². The Morgan fingerprint density at radius 2 is 1.86 bits per heavy atom. The molecule has 2 unspecified atom stereocenters. The minimum Gasteiger partial charge on any atom is -0.394 e. The average molecular weight is 360 g/mol. The van der Waals surface area contributed by atoms with E-state index >= 15 is 0 Å². The highest BCUT2D eigenvalue weighted by atomic mass is 33.1. The molecule has 1 fully saturated rings. The first-order valence-electron chi connectivity index (χ1n) is 6.35. The van der Waals surface area contributed by atoms with Crippen LogP contribution in [0.2, 0.25) is 0 Å². The van der Waals surface area contributed by atoms with E-state index in [0.717, 1.165) is 6.26 Å².